The molecule has 0 aliphatic heterocycles. The number of ether oxygens (including phenoxy) is 2. The van der Waals surface area contributed by atoms with Crippen molar-refractivity contribution < 1.29 is 14.3 Å². The molecule has 0 saturated heterocycles. The molecule has 2 aromatic carbocycles. The molecule has 1 aliphatic carbocycles. The number of rotatable bonds is 7. The van der Waals surface area contributed by atoms with Gasteiger partial charge in [0.2, 0.25) is 0 Å². The minimum absolute atomic E-state index is 0.0424. The van der Waals surface area contributed by atoms with Crippen LogP contribution in [0.3, 0.4) is 0 Å². The van der Waals surface area contributed by atoms with Crippen LogP contribution in [0.15, 0.2) is 48.5 Å². The molecule has 1 fully saturated rings. The largest absolute Gasteiger partial charge is 0.493 e. The van der Waals surface area contributed by atoms with E-state index in [-0.39, 0.29) is 12.0 Å². The minimum atomic E-state index is 0.0424. The molecule has 0 unspecified atom stereocenters. The third-order valence-corrected chi connectivity index (χ3v) is 4.22. The van der Waals surface area contributed by atoms with E-state index in [4.69, 9.17) is 9.47 Å². The zero-order valence-corrected chi connectivity index (χ0v) is 15.1. The van der Waals surface area contributed by atoms with Crippen LogP contribution in [0.4, 0.5) is 0 Å². The van der Waals surface area contributed by atoms with Crippen LogP contribution >= 0.6 is 0 Å². The molecule has 1 saturated carbocycles. The Morgan fingerprint density at radius 2 is 1.84 bits per heavy atom. The highest BCUT2D eigenvalue weighted by molar-refractivity contribution is 5.95. The van der Waals surface area contributed by atoms with Crippen molar-refractivity contribution in [3.63, 3.8) is 0 Å². The molecule has 4 heteroatoms. The van der Waals surface area contributed by atoms with Crippen LogP contribution in [0, 0.1) is 0 Å². The highest BCUT2D eigenvalue weighted by Crippen LogP contribution is 2.33. The van der Waals surface area contributed by atoms with Crippen molar-refractivity contribution >= 4 is 5.91 Å². The summed E-state index contributed by atoms with van der Waals surface area (Å²) in [6.07, 6.45) is 2.20. The third kappa shape index (κ3) is 4.32. The summed E-state index contributed by atoms with van der Waals surface area (Å²) < 4.78 is 11.2. The molecule has 1 aliphatic rings. The van der Waals surface area contributed by atoms with Crippen LogP contribution in [0.5, 0.6) is 11.5 Å². The van der Waals surface area contributed by atoms with Gasteiger partial charge >= 0.3 is 0 Å². The maximum Gasteiger partial charge on any atom is 0.254 e. The van der Waals surface area contributed by atoms with Crippen molar-refractivity contribution in [2.75, 3.05) is 7.11 Å². The average molecular weight is 339 g/mol. The molecule has 25 heavy (non-hydrogen) atoms. The molecule has 132 valence electrons. The number of benzene rings is 2. The summed E-state index contributed by atoms with van der Waals surface area (Å²) in [5, 5.41) is 0. The minimum Gasteiger partial charge on any atom is -0.493 e. The van der Waals surface area contributed by atoms with Crippen LogP contribution in [-0.4, -0.2) is 30.1 Å². The van der Waals surface area contributed by atoms with Crippen molar-refractivity contribution in [2.24, 2.45) is 0 Å². The lowest BCUT2D eigenvalue weighted by atomic mass is 10.1. The second-order valence-electron chi connectivity index (χ2n) is 6.68. The SMILES string of the molecule is COc1cc(C(=O)N(Cc2ccccc2)C2CC2)ccc1OC(C)C. The number of methoxy groups -OCH3 is 1. The molecule has 4 nitrogen and oxygen atoms in total. The first kappa shape index (κ1) is 17.3. The smallest absolute Gasteiger partial charge is 0.254 e. The Hall–Kier alpha value is -2.49. The number of nitrogens with zero attached hydrogens (tertiary/aromatic N) is 1. The Kier molecular flexibility index (Phi) is 5.27. The fourth-order valence-electron chi connectivity index (χ4n) is 2.85. The van der Waals surface area contributed by atoms with Crippen LogP contribution in [0.25, 0.3) is 0 Å². The number of carbonyl (C=O) groups excluding carboxylic acids is 1. The van der Waals surface area contributed by atoms with E-state index in [0.29, 0.717) is 29.6 Å². The van der Waals surface area contributed by atoms with E-state index in [1.54, 1.807) is 13.2 Å². The summed E-state index contributed by atoms with van der Waals surface area (Å²) in [7, 11) is 1.60. The summed E-state index contributed by atoms with van der Waals surface area (Å²) in [5.74, 6) is 1.30. The maximum atomic E-state index is 13.1. The Bertz CT molecular complexity index is 723. The Balaban J connectivity index is 1.82. The Morgan fingerprint density at radius 3 is 2.44 bits per heavy atom. The van der Waals surface area contributed by atoms with E-state index in [1.807, 2.05) is 49.1 Å². The summed E-state index contributed by atoms with van der Waals surface area (Å²) in [6.45, 7) is 4.57. The first-order chi connectivity index (χ1) is 12.1. The first-order valence-corrected chi connectivity index (χ1v) is 8.78. The van der Waals surface area contributed by atoms with Gasteiger partial charge in [0, 0.05) is 18.2 Å². The lowest BCUT2D eigenvalue weighted by molar-refractivity contribution is 0.0729. The molecular formula is C21H25NO3. The predicted molar refractivity (Wildman–Crippen MR) is 98.1 cm³/mol. The lowest BCUT2D eigenvalue weighted by Gasteiger charge is -2.23. The summed E-state index contributed by atoms with van der Waals surface area (Å²) in [5.41, 5.74) is 1.78. The second kappa shape index (κ2) is 7.60. The third-order valence-electron chi connectivity index (χ3n) is 4.22. The van der Waals surface area contributed by atoms with Crippen LogP contribution in [0.2, 0.25) is 0 Å². The normalized spacial score (nSPS) is 13.6. The number of hydrogen-bond donors (Lipinski definition) is 0. The van der Waals surface area contributed by atoms with Crippen molar-refractivity contribution in [2.45, 2.75) is 45.4 Å². The molecule has 2 aromatic rings. The van der Waals surface area contributed by atoms with Gasteiger partial charge in [-0.15, -0.1) is 0 Å². The maximum absolute atomic E-state index is 13.1. The van der Waals surface area contributed by atoms with Gasteiger partial charge in [0.25, 0.3) is 5.91 Å². The van der Waals surface area contributed by atoms with Crippen LogP contribution in [-0.2, 0) is 6.54 Å². The molecular weight excluding hydrogens is 314 g/mol. The van der Waals surface area contributed by atoms with E-state index in [1.165, 1.54) is 0 Å². The van der Waals surface area contributed by atoms with Crippen molar-refractivity contribution in [3.05, 3.63) is 59.7 Å². The highest BCUT2D eigenvalue weighted by atomic mass is 16.5. The number of hydrogen-bond acceptors (Lipinski definition) is 3. The Labute approximate surface area is 149 Å². The quantitative estimate of drug-likeness (QED) is 0.755. The molecule has 1 amide bonds. The second-order valence-corrected chi connectivity index (χ2v) is 6.68. The Morgan fingerprint density at radius 1 is 1.12 bits per heavy atom. The van der Waals surface area contributed by atoms with Crippen molar-refractivity contribution in [1.29, 1.82) is 0 Å². The van der Waals surface area contributed by atoms with Gasteiger partial charge in [0.15, 0.2) is 11.5 Å². The van der Waals surface area contributed by atoms with E-state index < -0.39 is 0 Å². The van der Waals surface area contributed by atoms with Gasteiger partial charge in [-0.25, -0.2) is 0 Å². The average Bonchev–Trinajstić information content (AvgIpc) is 3.45. The molecule has 0 N–H and O–H groups in total. The molecule has 0 aromatic heterocycles. The van der Waals surface area contributed by atoms with E-state index in [9.17, 15) is 4.79 Å². The topological polar surface area (TPSA) is 38.8 Å². The fraction of sp³-hybridized carbons (Fsp3) is 0.381. The van der Waals surface area contributed by atoms with Gasteiger partial charge in [-0.1, -0.05) is 30.3 Å². The highest BCUT2D eigenvalue weighted by Gasteiger charge is 2.33. The molecule has 0 atom stereocenters. The monoisotopic (exact) mass is 339 g/mol. The van der Waals surface area contributed by atoms with Crippen LogP contribution in [0.1, 0.15) is 42.6 Å². The predicted octanol–water partition coefficient (Wildman–Crippen LogP) is 4.29. The van der Waals surface area contributed by atoms with Gasteiger partial charge in [-0.3, -0.25) is 4.79 Å². The van der Waals surface area contributed by atoms with Crippen LogP contribution < -0.4 is 9.47 Å². The van der Waals surface area contributed by atoms with E-state index in [2.05, 4.69) is 12.1 Å². The number of carbonyl (C=O) groups is 1. The summed E-state index contributed by atoms with van der Waals surface area (Å²) in [6, 6.07) is 15.9. The lowest BCUT2D eigenvalue weighted by Crippen LogP contribution is -2.32. The molecule has 0 bridgehead atoms. The molecule has 0 spiro atoms. The van der Waals surface area contributed by atoms with Gasteiger partial charge in [-0.05, 0) is 50.5 Å². The van der Waals surface area contributed by atoms with Gasteiger partial charge < -0.3 is 14.4 Å². The summed E-state index contributed by atoms with van der Waals surface area (Å²) in [4.78, 5) is 15.0. The van der Waals surface area contributed by atoms with Gasteiger partial charge in [0.05, 0.1) is 13.2 Å². The number of amides is 1. The van der Waals surface area contributed by atoms with E-state index in [0.717, 1.165) is 18.4 Å². The standard InChI is InChI=1S/C21H25NO3/c1-15(2)25-19-12-9-17(13-20(19)24-3)21(23)22(18-10-11-18)14-16-7-5-4-6-8-16/h4-9,12-13,15,18H,10-11,14H2,1-3H3. The molecule has 3 rings (SSSR count). The zero-order chi connectivity index (χ0) is 17.8. The van der Waals surface area contributed by atoms with Crippen molar-refractivity contribution in [3.8, 4) is 11.5 Å². The first-order valence-electron chi connectivity index (χ1n) is 8.78. The van der Waals surface area contributed by atoms with Gasteiger partial charge in [-0.2, -0.15) is 0 Å². The molecule has 0 radical (unpaired) electrons. The zero-order valence-electron chi connectivity index (χ0n) is 15.1. The van der Waals surface area contributed by atoms with Crippen molar-refractivity contribution in [1.82, 2.24) is 4.90 Å². The fourth-order valence-corrected chi connectivity index (χ4v) is 2.85. The molecule has 0 heterocycles. The van der Waals surface area contributed by atoms with Gasteiger partial charge in [0.1, 0.15) is 0 Å². The van der Waals surface area contributed by atoms with E-state index >= 15 is 0 Å². The summed E-state index contributed by atoms with van der Waals surface area (Å²) >= 11 is 0.